The van der Waals surface area contributed by atoms with E-state index in [1.807, 2.05) is 11.3 Å². The summed E-state index contributed by atoms with van der Waals surface area (Å²) >= 11 is 3.96. The normalized spacial score (nSPS) is 25.6. The maximum Gasteiger partial charge on any atom is 0.0399 e. The van der Waals surface area contributed by atoms with E-state index in [-0.39, 0.29) is 0 Å². The van der Waals surface area contributed by atoms with Gasteiger partial charge in [0.15, 0.2) is 0 Å². The minimum Gasteiger partial charge on any atom is -0.153 e. The van der Waals surface area contributed by atoms with Crippen molar-refractivity contribution in [3.63, 3.8) is 0 Å². The van der Waals surface area contributed by atoms with Crippen molar-refractivity contribution in [1.82, 2.24) is 0 Å². The Morgan fingerprint density at radius 3 is 2.89 bits per heavy atom. The first-order valence-corrected chi connectivity index (χ1v) is 5.04. The third kappa shape index (κ3) is 1.01. The first-order chi connectivity index (χ1) is 4.47. The molecule has 0 nitrogen and oxygen atoms in total. The van der Waals surface area contributed by atoms with Gasteiger partial charge < -0.3 is 0 Å². The van der Waals surface area contributed by atoms with Crippen molar-refractivity contribution in [3.05, 3.63) is 22.4 Å². The van der Waals surface area contributed by atoms with Gasteiger partial charge in [-0.3, -0.25) is 0 Å². The van der Waals surface area contributed by atoms with Gasteiger partial charge in [0, 0.05) is 10.1 Å². The van der Waals surface area contributed by atoms with Crippen LogP contribution < -0.4 is 0 Å². The van der Waals surface area contributed by atoms with E-state index in [4.69, 9.17) is 0 Å². The molecule has 1 aliphatic rings. The molecule has 0 radical (unpaired) electrons. The Bertz CT molecular complexity index is 175. The number of rotatable bonds is 1. The lowest BCUT2D eigenvalue weighted by Gasteiger charge is -2.23. The Morgan fingerprint density at radius 1 is 1.56 bits per heavy atom. The van der Waals surface area contributed by atoms with Crippen molar-refractivity contribution in [1.29, 1.82) is 0 Å². The lowest BCUT2D eigenvalue weighted by Crippen LogP contribution is -2.04. The molecule has 1 atom stereocenters. The molecule has 0 spiro atoms. The summed E-state index contributed by atoms with van der Waals surface area (Å²) in [7, 11) is 0. The van der Waals surface area contributed by atoms with Crippen LogP contribution in [0, 0.1) is 0 Å². The predicted molar refractivity (Wildman–Crippen MR) is 44.1 cm³/mol. The van der Waals surface area contributed by atoms with Crippen LogP contribution in [0.3, 0.4) is 0 Å². The summed E-state index contributed by atoms with van der Waals surface area (Å²) in [5, 5.41) is 3.01. The number of thioether (sulfide) groups is 1. The van der Waals surface area contributed by atoms with Crippen molar-refractivity contribution in [2.75, 3.05) is 5.75 Å². The van der Waals surface area contributed by atoms with Crippen molar-refractivity contribution < 1.29 is 0 Å². The standard InChI is InChI=1S/C7H8S2/c1-2-6(8-4-1)7-3-5-9-7/h1-2,4,7H,3,5H2. The van der Waals surface area contributed by atoms with Crippen LogP contribution in [0.1, 0.15) is 16.5 Å². The SMILES string of the molecule is c1csc(C2CCS2)c1. The van der Waals surface area contributed by atoms with Crippen LogP contribution in [0.15, 0.2) is 17.5 Å². The van der Waals surface area contributed by atoms with Crippen LogP contribution in [-0.4, -0.2) is 5.75 Å². The monoisotopic (exact) mass is 156 g/mol. The molecule has 0 aromatic carbocycles. The molecule has 1 fully saturated rings. The van der Waals surface area contributed by atoms with E-state index in [1.54, 1.807) is 4.88 Å². The molecule has 0 N–H and O–H groups in total. The lowest BCUT2D eigenvalue weighted by molar-refractivity contribution is 0.865. The number of hydrogen-bond donors (Lipinski definition) is 0. The van der Waals surface area contributed by atoms with Crippen LogP contribution in [0.25, 0.3) is 0 Å². The molecule has 1 aromatic rings. The molecule has 0 saturated carbocycles. The van der Waals surface area contributed by atoms with E-state index in [0.717, 1.165) is 5.25 Å². The summed E-state index contributed by atoms with van der Waals surface area (Å²) in [6, 6.07) is 4.38. The van der Waals surface area contributed by atoms with Gasteiger partial charge in [-0.1, -0.05) is 6.07 Å². The highest BCUT2D eigenvalue weighted by atomic mass is 32.2. The second kappa shape index (κ2) is 2.35. The van der Waals surface area contributed by atoms with Gasteiger partial charge in [-0.25, -0.2) is 0 Å². The fourth-order valence-electron chi connectivity index (χ4n) is 0.935. The molecule has 9 heavy (non-hydrogen) atoms. The largest absolute Gasteiger partial charge is 0.153 e. The molecule has 48 valence electrons. The van der Waals surface area contributed by atoms with Crippen LogP contribution in [0.4, 0.5) is 0 Å². The molecule has 2 rings (SSSR count). The molecule has 2 heteroatoms. The first-order valence-electron chi connectivity index (χ1n) is 3.12. The molecule has 1 saturated heterocycles. The van der Waals surface area contributed by atoms with Crippen molar-refractivity contribution in [3.8, 4) is 0 Å². The maximum absolute atomic E-state index is 2.24. The Morgan fingerprint density at radius 2 is 2.44 bits per heavy atom. The summed E-state index contributed by atoms with van der Waals surface area (Å²) in [4.78, 5) is 1.56. The molecule has 2 heterocycles. The summed E-state index contributed by atoms with van der Waals surface area (Å²) < 4.78 is 0. The number of hydrogen-bond acceptors (Lipinski definition) is 2. The van der Waals surface area contributed by atoms with Crippen LogP contribution in [0.2, 0.25) is 0 Å². The van der Waals surface area contributed by atoms with E-state index in [2.05, 4.69) is 29.3 Å². The highest BCUT2D eigenvalue weighted by Crippen LogP contribution is 2.43. The zero-order valence-electron chi connectivity index (χ0n) is 5.04. The zero-order chi connectivity index (χ0) is 6.10. The van der Waals surface area contributed by atoms with Gasteiger partial charge in [-0.2, -0.15) is 11.8 Å². The third-order valence-corrected chi connectivity index (χ3v) is 4.06. The predicted octanol–water partition coefficient (Wildman–Crippen LogP) is 2.93. The molecule has 1 aliphatic heterocycles. The van der Waals surface area contributed by atoms with E-state index in [0.29, 0.717) is 0 Å². The van der Waals surface area contributed by atoms with E-state index >= 15 is 0 Å². The fourth-order valence-corrected chi connectivity index (χ4v) is 2.76. The molecule has 0 aliphatic carbocycles. The van der Waals surface area contributed by atoms with Crippen molar-refractivity contribution >= 4 is 23.1 Å². The van der Waals surface area contributed by atoms with E-state index in [9.17, 15) is 0 Å². The summed E-state index contributed by atoms with van der Waals surface area (Å²) in [6.45, 7) is 0. The van der Waals surface area contributed by atoms with Crippen LogP contribution in [0.5, 0.6) is 0 Å². The van der Waals surface area contributed by atoms with Gasteiger partial charge in [-0.15, -0.1) is 11.3 Å². The quantitative estimate of drug-likeness (QED) is 0.602. The minimum atomic E-state index is 0.852. The molecular weight excluding hydrogens is 148 g/mol. The summed E-state index contributed by atoms with van der Waals surface area (Å²) in [6.07, 6.45) is 1.39. The molecule has 0 bridgehead atoms. The lowest BCUT2D eigenvalue weighted by atomic mass is 10.3. The summed E-state index contributed by atoms with van der Waals surface area (Å²) in [5.41, 5.74) is 0. The smallest absolute Gasteiger partial charge is 0.0399 e. The average molecular weight is 156 g/mol. The second-order valence-electron chi connectivity index (χ2n) is 2.16. The Kier molecular flexibility index (Phi) is 1.52. The van der Waals surface area contributed by atoms with Crippen LogP contribution in [-0.2, 0) is 0 Å². The molecular formula is C7H8S2. The first kappa shape index (κ1) is 5.81. The van der Waals surface area contributed by atoms with E-state index < -0.39 is 0 Å². The van der Waals surface area contributed by atoms with Crippen LogP contribution >= 0.6 is 23.1 Å². The van der Waals surface area contributed by atoms with Gasteiger partial charge in [0.25, 0.3) is 0 Å². The summed E-state index contributed by atoms with van der Waals surface area (Å²) in [5.74, 6) is 1.36. The van der Waals surface area contributed by atoms with Crippen molar-refractivity contribution in [2.45, 2.75) is 11.7 Å². The topological polar surface area (TPSA) is 0 Å². The average Bonchev–Trinajstić information content (AvgIpc) is 2.11. The zero-order valence-corrected chi connectivity index (χ0v) is 6.67. The minimum absolute atomic E-state index is 0.852. The number of thiophene rings is 1. The van der Waals surface area contributed by atoms with Gasteiger partial charge >= 0.3 is 0 Å². The third-order valence-electron chi connectivity index (χ3n) is 1.56. The second-order valence-corrected chi connectivity index (χ2v) is 4.45. The van der Waals surface area contributed by atoms with Gasteiger partial charge in [0.05, 0.1) is 0 Å². The fraction of sp³-hybridized carbons (Fsp3) is 0.429. The Hall–Kier alpha value is 0.0500. The Balaban J connectivity index is 2.14. The maximum atomic E-state index is 2.24. The Labute approximate surface area is 63.3 Å². The highest BCUT2D eigenvalue weighted by molar-refractivity contribution is 8.00. The van der Waals surface area contributed by atoms with E-state index in [1.165, 1.54) is 12.2 Å². The van der Waals surface area contributed by atoms with Crippen molar-refractivity contribution in [2.24, 2.45) is 0 Å². The molecule has 1 unspecified atom stereocenters. The van der Waals surface area contributed by atoms with Gasteiger partial charge in [0.2, 0.25) is 0 Å². The van der Waals surface area contributed by atoms with Gasteiger partial charge in [-0.05, 0) is 23.6 Å². The highest BCUT2D eigenvalue weighted by Gasteiger charge is 2.20. The van der Waals surface area contributed by atoms with Gasteiger partial charge in [0.1, 0.15) is 0 Å². The molecule has 0 amide bonds. The molecule has 1 aromatic heterocycles.